The van der Waals surface area contributed by atoms with Gasteiger partial charge in [-0.3, -0.25) is 4.79 Å². The Labute approximate surface area is 220 Å². The van der Waals surface area contributed by atoms with Gasteiger partial charge in [-0.05, 0) is 70.3 Å². The van der Waals surface area contributed by atoms with Gasteiger partial charge in [0, 0.05) is 28.4 Å². The van der Waals surface area contributed by atoms with Crippen LogP contribution < -0.4 is 5.56 Å². The van der Waals surface area contributed by atoms with Crippen LogP contribution >= 0.6 is 11.6 Å². The van der Waals surface area contributed by atoms with Gasteiger partial charge < -0.3 is 14.7 Å². The number of pyridine rings is 1. The minimum atomic E-state index is -0.994. The van der Waals surface area contributed by atoms with E-state index in [0.717, 1.165) is 58.2 Å². The molecule has 1 aliphatic heterocycles. The van der Waals surface area contributed by atoms with Crippen molar-refractivity contribution in [3.63, 3.8) is 0 Å². The van der Waals surface area contributed by atoms with Crippen LogP contribution in [0.25, 0.3) is 34.1 Å². The van der Waals surface area contributed by atoms with Crippen molar-refractivity contribution >= 4 is 23.6 Å². The van der Waals surface area contributed by atoms with E-state index in [2.05, 4.69) is 25.5 Å². The fourth-order valence-corrected chi connectivity index (χ4v) is 4.99. The summed E-state index contributed by atoms with van der Waals surface area (Å²) in [6.45, 7) is 0. The largest absolute Gasteiger partial charge is 0.478 e. The van der Waals surface area contributed by atoms with Gasteiger partial charge in [0.25, 0.3) is 5.56 Å². The van der Waals surface area contributed by atoms with E-state index in [1.165, 1.54) is 12.4 Å². The number of hydrogen-bond acceptors (Lipinski definition) is 6. The first-order valence-electron chi connectivity index (χ1n) is 11.8. The fraction of sp³-hybridized carbons (Fsp3) is 0.111. The maximum Gasteiger partial charge on any atom is 0.328 e. The third-order valence-electron chi connectivity index (χ3n) is 6.55. The second kappa shape index (κ2) is 9.56. The predicted octanol–water partition coefficient (Wildman–Crippen LogP) is 4.17. The Hall–Kier alpha value is -4.83. The van der Waals surface area contributed by atoms with Gasteiger partial charge in [0.15, 0.2) is 0 Å². The molecule has 38 heavy (non-hydrogen) atoms. The van der Waals surface area contributed by atoms with Crippen LogP contribution in [0.15, 0.2) is 78.0 Å². The first-order chi connectivity index (χ1) is 18.5. The van der Waals surface area contributed by atoms with Gasteiger partial charge in [0.1, 0.15) is 12.2 Å². The molecule has 0 amide bonds. The number of carbonyl (C=O) groups is 1. The second-order valence-electron chi connectivity index (χ2n) is 8.89. The Balaban J connectivity index is 1.31. The summed E-state index contributed by atoms with van der Waals surface area (Å²) in [4.78, 5) is 32.1. The molecule has 2 N–H and O–H groups in total. The molecule has 0 aliphatic carbocycles. The first kappa shape index (κ1) is 23.6. The number of tetrazole rings is 1. The number of nitrogens with one attached hydrogen (secondary N) is 1. The van der Waals surface area contributed by atoms with Crippen LogP contribution in [0.1, 0.15) is 29.5 Å². The predicted molar refractivity (Wildman–Crippen MR) is 141 cm³/mol. The zero-order chi connectivity index (χ0) is 26.2. The summed E-state index contributed by atoms with van der Waals surface area (Å²) in [6.07, 6.45) is 7.34. The Morgan fingerprint density at radius 3 is 2.71 bits per heavy atom. The maximum absolute atomic E-state index is 13.4. The molecule has 0 saturated carbocycles. The number of H-pyrrole nitrogens is 1. The summed E-state index contributed by atoms with van der Waals surface area (Å²) in [5.41, 5.74) is 5.51. The minimum Gasteiger partial charge on any atom is -0.478 e. The molecule has 1 unspecified atom stereocenters. The summed E-state index contributed by atoms with van der Waals surface area (Å²) >= 11 is 6.29. The Kier molecular flexibility index (Phi) is 5.93. The average molecular weight is 526 g/mol. The Morgan fingerprint density at radius 2 is 1.95 bits per heavy atom. The molecule has 0 saturated heterocycles. The van der Waals surface area contributed by atoms with E-state index in [4.69, 9.17) is 16.7 Å². The smallest absolute Gasteiger partial charge is 0.328 e. The van der Waals surface area contributed by atoms with E-state index in [9.17, 15) is 9.59 Å². The number of rotatable bonds is 6. The standard InChI is InChI=1S/C27H20ClN7O3/c28-19-6-8-23(34-15-30-32-33-34)21(13-19)18-11-20-7-9-24(35(20)25(36)12-18)27-29-14-22(31-27)17-4-1-16(2-5-17)3-10-26(37)38/h1-6,8,10-15,24H,7,9H2,(H,29,31)(H,37,38)/b10-3+. The number of benzene rings is 2. The van der Waals surface area contributed by atoms with Crippen molar-refractivity contribution < 1.29 is 9.90 Å². The monoisotopic (exact) mass is 525 g/mol. The van der Waals surface area contributed by atoms with Gasteiger partial charge in [-0.1, -0.05) is 35.9 Å². The number of carboxylic acids is 1. The molecular formula is C27H20ClN7O3. The number of aromatic nitrogens is 7. The molecule has 0 fully saturated rings. The Morgan fingerprint density at radius 1 is 1.11 bits per heavy atom. The summed E-state index contributed by atoms with van der Waals surface area (Å²) in [5.74, 6) is -0.285. The SMILES string of the molecule is O=C(O)/C=C/c1ccc(-c2cnc(C3CCc4cc(-c5cc(Cl)ccc5-n5cnnn5)cc(=O)n43)[nH]2)cc1. The van der Waals surface area contributed by atoms with E-state index >= 15 is 0 Å². The number of aromatic amines is 1. The normalized spacial score (nSPS) is 14.7. The summed E-state index contributed by atoms with van der Waals surface area (Å²) in [6, 6.07) is 16.3. The topological polar surface area (TPSA) is 132 Å². The molecule has 4 heterocycles. The third kappa shape index (κ3) is 4.41. The summed E-state index contributed by atoms with van der Waals surface area (Å²) in [5, 5.41) is 20.8. The lowest BCUT2D eigenvalue weighted by Gasteiger charge is -2.15. The van der Waals surface area contributed by atoms with Crippen LogP contribution in [0.2, 0.25) is 5.02 Å². The lowest BCUT2D eigenvalue weighted by molar-refractivity contribution is -0.131. The molecule has 10 nitrogen and oxygen atoms in total. The van der Waals surface area contributed by atoms with Crippen molar-refractivity contribution in [2.75, 3.05) is 0 Å². The van der Waals surface area contributed by atoms with Crippen LogP contribution in [-0.2, 0) is 11.2 Å². The maximum atomic E-state index is 13.4. The van der Waals surface area contributed by atoms with Crippen LogP contribution in [0.4, 0.5) is 0 Å². The molecule has 0 bridgehead atoms. The molecule has 188 valence electrons. The quantitative estimate of drug-likeness (QED) is 0.318. The molecule has 0 spiro atoms. The molecule has 1 aliphatic rings. The summed E-state index contributed by atoms with van der Waals surface area (Å²) in [7, 11) is 0. The molecule has 11 heteroatoms. The highest BCUT2D eigenvalue weighted by Gasteiger charge is 2.28. The van der Waals surface area contributed by atoms with Gasteiger partial charge in [-0.15, -0.1) is 5.10 Å². The number of carboxylic acid groups (broad SMARTS) is 1. The van der Waals surface area contributed by atoms with E-state index in [1.54, 1.807) is 33.6 Å². The van der Waals surface area contributed by atoms with Crippen molar-refractivity contribution in [1.82, 2.24) is 34.7 Å². The van der Waals surface area contributed by atoms with Crippen molar-refractivity contribution in [2.24, 2.45) is 0 Å². The average Bonchev–Trinajstić information content (AvgIpc) is 3.68. The van der Waals surface area contributed by atoms with Crippen molar-refractivity contribution in [3.05, 3.63) is 106 Å². The lowest BCUT2D eigenvalue weighted by atomic mass is 10.0. The molecule has 0 radical (unpaired) electrons. The minimum absolute atomic E-state index is 0.129. The number of hydrogen-bond donors (Lipinski definition) is 2. The van der Waals surface area contributed by atoms with Gasteiger partial charge >= 0.3 is 5.97 Å². The van der Waals surface area contributed by atoms with Crippen LogP contribution in [0.5, 0.6) is 0 Å². The molecule has 5 aromatic rings. The van der Waals surface area contributed by atoms with Gasteiger partial charge in [-0.2, -0.15) is 4.68 Å². The lowest BCUT2D eigenvalue weighted by Crippen LogP contribution is -2.23. The molecule has 3 aromatic heterocycles. The van der Waals surface area contributed by atoms with Gasteiger partial charge in [-0.25, -0.2) is 9.78 Å². The zero-order valence-corrected chi connectivity index (χ0v) is 20.6. The molecule has 1 atom stereocenters. The highest BCUT2D eigenvalue weighted by atomic mass is 35.5. The van der Waals surface area contributed by atoms with Crippen molar-refractivity contribution in [2.45, 2.75) is 18.9 Å². The van der Waals surface area contributed by atoms with Gasteiger partial charge in [0.2, 0.25) is 0 Å². The summed E-state index contributed by atoms with van der Waals surface area (Å²) < 4.78 is 3.33. The fourth-order valence-electron chi connectivity index (χ4n) is 4.81. The molecular weight excluding hydrogens is 506 g/mol. The van der Waals surface area contributed by atoms with E-state index in [0.29, 0.717) is 10.8 Å². The number of halogens is 1. The highest BCUT2D eigenvalue weighted by molar-refractivity contribution is 6.31. The number of nitrogens with zero attached hydrogens (tertiary/aromatic N) is 6. The van der Waals surface area contributed by atoms with Crippen molar-refractivity contribution in [1.29, 1.82) is 0 Å². The number of aryl methyl sites for hydroxylation is 1. The molecule has 2 aromatic carbocycles. The van der Waals surface area contributed by atoms with Crippen molar-refractivity contribution in [3.8, 4) is 28.1 Å². The zero-order valence-electron chi connectivity index (χ0n) is 19.8. The van der Waals surface area contributed by atoms with E-state index in [1.807, 2.05) is 36.4 Å². The van der Waals surface area contributed by atoms with E-state index in [-0.39, 0.29) is 11.6 Å². The van der Waals surface area contributed by atoms with E-state index < -0.39 is 5.97 Å². The number of imidazole rings is 1. The Bertz CT molecular complexity index is 1740. The van der Waals surface area contributed by atoms with Gasteiger partial charge in [0.05, 0.1) is 23.6 Å². The number of aliphatic carboxylic acids is 1. The van der Waals surface area contributed by atoms with Crippen LogP contribution in [-0.4, -0.2) is 45.8 Å². The first-order valence-corrected chi connectivity index (χ1v) is 12.2. The number of fused-ring (bicyclic) bond motifs is 1. The molecule has 6 rings (SSSR count). The second-order valence-corrected chi connectivity index (χ2v) is 9.33. The van der Waals surface area contributed by atoms with Crippen LogP contribution in [0, 0.1) is 0 Å². The third-order valence-corrected chi connectivity index (χ3v) is 6.79. The van der Waals surface area contributed by atoms with Crippen LogP contribution in [0.3, 0.4) is 0 Å². The highest BCUT2D eigenvalue weighted by Crippen LogP contribution is 2.34.